The highest BCUT2D eigenvalue weighted by atomic mass is 16.3. The Labute approximate surface area is 152 Å². The molecule has 3 amide bonds. The number of carbonyl (C=O) groups is 3. The first-order valence-corrected chi connectivity index (χ1v) is 8.22. The van der Waals surface area contributed by atoms with Crippen LogP contribution in [0.3, 0.4) is 0 Å². The highest BCUT2D eigenvalue weighted by Gasteiger charge is 2.17. The van der Waals surface area contributed by atoms with E-state index < -0.39 is 0 Å². The van der Waals surface area contributed by atoms with Crippen LogP contribution in [0.25, 0.3) is 0 Å². The summed E-state index contributed by atoms with van der Waals surface area (Å²) in [5.74, 6) is 0.0694. The lowest BCUT2D eigenvalue weighted by Gasteiger charge is -2.17. The normalized spacial score (nSPS) is 10.3. The van der Waals surface area contributed by atoms with E-state index in [4.69, 9.17) is 4.42 Å². The standard InChI is InChI=1S/C19H23N3O4/c1-12-5-7-15(8-6-12)21-17(23)11-22(4)18(24)10-20-19(25)16-9-13(2)26-14(16)3/h5-9H,10-11H2,1-4H3,(H,20,25)(H,21,23). The minimum Gasteiger partial charge on any atom is -0.466 e. The molecule has 0 aliphatic carbocycles. The molecule has 0 aliphatic heterocycles. The van der Waals surface area contributed by atoms with Gasteiger partial charge in [0.2, 0.25) is 11.8 Å². The second kappa shape index (κ2) is 8.33. The van der Waals surface area contributed by atoms with E-state index >= 15 is 0 Å². The topological polar surface area (TPSA) is 91.7 Å². The van der Waals surface area contributed by atoms with E-state index in [0.29, 0.717) is 22.8 Å². The smallest absolute Gasteiger partial charge is 0.255 e. The maximum Gasteiger partial charge on any atom is 0.255 e. The predicted octanol–water partition coefficient (Wildman–Crippen LogP) is 2.03. The van der Waals surface area contributed by atoms with Crippen molar-refractivity contribution in [3.05, 3.63) is 53.0 Å². The molecular weight excluding hydrogens is 334 g/mol. The van der Waals surface area contributed by atoms with E-state index in [9.17, 15) is 14.4 Å². The molecular formula is C19H23N3O4. The van der Waals surface area contributed by atoms with Gasteiger partial charge in [-0.25, -0.2) is 0 Å². The Bertz CT molecular complexity index is 809. The molecule has 1 aromatic carbocycles. The molecule has 1 aromatic heterocycles. The first-order chi connectivity index (χ1) is 12.3. The van der Waals surface area contributed by atoms with Gasteiger partial charge >= 0.3 is 0 Å². The van der Waals surface area contributed by atoms with Crippen LogP contribution < -0.4 is 10.6 Å². The number of hydrogen-bond acceptors (Lipinski definition) is 4. The van der Waals surface area contributed by atoms with E-state index in [1.165, 1.54) is 11.9 Å². The van der Waals surface area contributed by atoms with Crippen molar-refractivity contribution in [1.29, 1.82) is 0 Å². The summed E-state index contributed by atoms with van der Waals surface area (Å²) in [6.07, 6.45) is 0. The van der Waals surface area contributed by atoms with Gasteiger partial charge in [0.1, 0.15) is 11.5 Å². The number of likely N-dealkylation sites (N-methyl/N-ethyl adjacent to an activating group) is 1. The zero-order chi connectivity index (χ0) is 19.3. The molecule has 7 heteroatoms. The Morgan fingerprint density at radius 2 is 1.73 bits per heavy atom. The molecule has 26 heavy (non-hydrogen) atoms. The van der Waals surface area contributed by atoms with Gasteiger partial charge in [0.15, 0.2) is 0 Å². The van der Waals surface area contributed by atoms with Crippen molar-refractivity contribution in [2.45, 2.75) is 20.8 Å². The van der Waals surface area contributed by atoms with Crippen molar-refractivity contribution in [2.75, 3.05) is 25.5 Å². The minimum absolute atomic E-state index is 0.105. The number of anilines is 1. The molecule has 2 rings (SSSR count). The largest absolute Gasteiger partial charge is 0.466 e. The lowest BCUT2D eigenvalue weighted by atomic mass is 10.2. The average Bonchev–Trinajstić information content (AvgIpc) is 2.92. The third-order valence-electron chi connectivity index (χ3n) is 3.83. The van der Waals surface area contributed by atoms with Crippen molar-refractivity contribution < 1.29 is 18.8 Å². The van der Waals surface area contributed by atoms with E-state index in [2.05, 4.69) is 10.6 Å². The van der Waals surface area contributed by atoms with Crippen molar-refractivity contribution in [1.82, 2.24) is 10.2 Å². The lowest BCUT2D eigenvalue weighted by molar-refractivity contribution is -0.132. The Morgan fingerprint density at radius 1 is 1.08 bits per heavy atom. The van der Waals surface area contributed by atoms with E-state index in [1.807, 2.05) is 19.1 Å². The fourth-order valence-corrected chi connectivity index (χ4v) is 2.38. The van der Waals surface area contributed by atoms with Gasteiger partial charge in [-0.3, -0.25) is 14.4 Å². The second-order valence-electron chi connectivity index (χ2n) is 6.17. The van der Waals surface area contributed by atoms with E-state index in [0.717, 1.165) is 5.56 Å². The van der Waals surface area contributed by atoms with Gasteiger partial charge < -0.3 is 20.0 Å². The van der Waals surface area contributed by atoms with Gasteiger partial charge in [-0.1, -0.05) is 17.7 Å². The molecule has 1 heterocycles. The number of amides is 3. The summed E-state index contributed by atoms with van der Waals surface area (Å²) in [5.41, 5.74) is 2.16. The summed E-state index contributed by atoms with van der Waals surface area (Å²) < 4.78 is 5.30. The molecule has 0 saturated carbocycles. The lowest BCUT2D eigenvalue weighted by Crippen LogP contribution is -2.41. The number of hydrogen-bond donors (Lipinski definition) is 2. The van der Waals surface area contributed by atoms with Crippen LogP contribution in [0.2, 0.25) is 0 Å². The minimum atomic E-state index is -0.384. The van der Waals surface area contributed by atoms with Crippen LogP contribution in [-0.4, -0.2) is 42.8 Å². The Hall–Kier alpha value is -3.09. The molecule has 0 atom stereocenters. The van der Waals surface area contributed by atoms with Gasteiger partial charge in [-0.2, -0.15) is 0 Å². The van der Waals surface area contributed by atoms with Crippen LogP contribution >= 0.6 is 0 Å². The number of furan rings is 1. The molecule has 0 spiro atoms. The summed E-state index contributed by atoms with van der Waals surface area (Å²) in [7, 11) is 1.51. The van der Waals surface area contributed by atoms with Crippen molar-refractivity contribution >= 4 is 23.4 Å². The van der Waals surface area contributed by atoms with Gasteiger partial charge in [0.05, 0.1) is 18.7 Å². The van der Waals surface area contributed by atoms with Crippen LogP contribution in [0.15, 0.2) is 34.7 Å². The summed E-state index contributed by atoms with van der Waals surface area (Å²) in [5, 5.41) is 5.26. The summed E-state index contributed by atoms with van der Waals surface area (Å²) in [4.78, 5) is 37.5. The molecule has 0 unspecified atom stereocenters. The van der Waals surface area contributed by atoms with Crippen LogP contribution in [0.5, 0.6) is 0 Å². The number of nitrogens with zero attached hydrogens (tertiary/aromatic N) is 1. The molecule has 0 bridgehead atoms. The van der Waals surface area contributed by atoms with Crippen LogP contribution in [0.4, 0.5) is 5.69 Å². The van der Waals surface area contributed by atoms with Gasteiger partial charge in [0.25, 0.3) is 5.91 Å². The molecule has 0 saturated heterocycles. The molecule has 2 aromatic rings. The zero-order valence-electron chi connectivity index (χ0n) is 15.4. The molecule has 138 valence electrons. The molecule has 7 nitrogen and oxygen atoms in total. The fraction of sp³-hybridized carbons (Fsp3) is 0.316. The van der Waals surface area contributed by atoms with E-state index in [-0.39, 0.29) is 30.8 Å². The molecule has 2 N–H and O–H groups in total. The average molecular weight is 357 g/mol. The fourth-order valence-electron chi connectivity index (χ4n) is 2.38. The summed E-state index contributed by atoms with van der Waals surface area (Å²) in [6, 6.07) is 8.99. The third-order valence-corrected chi connectivity index (χ3v) is 3.83. The molecule has 0 radical (unpaired) electrons. The monoisotopic (exact) mass is 357 g/mol. The predicted molar refractivity (Wildman–Crippen MR) is 98.0 cm³/mol. The van der Waals surface area contributed by atoms with Crippen LogP contribution in [0.1, 0.15) is 27.4 Å². The van der Waals surface area contributed by atoms with Crippen LogP contribution in [-0.2, 0) is 9.59 Å². The number of carbonyl (C=O) groups excluding carboxylic acids is 3. The van der Waals surface area contributed by atoms with Crippen molar-refractivity contribution in [2.24, 2.45) is 0 Å². The molecule has 0 fully saturated rings. The van der Waals surface area contributed by atoms with Gasteiger partial charge in [-0.15, -0.1) is 0 Å². The number of benzene rings is 1. The highest BCUT2D eigenvalue weighted by molar-refractivity contribution is 5.98. The second-order valence-corrected chi connectivity index (χ2v) is 6.17. The van der Waals surface area contributed by atoms with Gasteiger partial charge in [-0.05, 0) is 39.0 Å². The van der Waals surface area contributed by atoms with Crippen LogP contribution in [0, 0.1) is 20.8 Å². The van der Waals surface area contributed by atoms with Gasteiger partial charge in [0, 0.05) is 12.7 Å². The Balaban J connectivity index is 1.81. The molecule has 0 aliphatic rings. The number of aryl methyl sites for hydroxylation is 3. The Morgan fingerprint density at radius 3 is 2.31 bits per heavy atom. The highest BCUT2D eigenvalue weighted by Crippen LogP contribution is 2.13. The first kappa shape index (κ1) is 19.2. The van der Waals surface area contributed by atoms with Crippen molar-refractivity contribution in [3.8, 4) is 0 Å². The number of nitrogens with one attached hydrogen (secondary N) is 2. The maximum atomic E-state index is 12.1. The SMILES string of the molecule is Cc1ccc(NC(=O)CN(C)C(=O)CNC(=O)c2cc(C)oc2C)cc1. The number of rotatable bonds is 6. The quantitative estimate of drug-likeness (QED) is 0.827. The first-order valence-electron chi connectivity index (χ1n) is 8.22. The third kappa shape index (κ3) is 5.20. The zero-order valence-corrected chi connectivity index (χ0v) is 15.4. The van der Waals surface area contributed by atoms with Crippen molar-refractivity contribution in [3.63, 3.8) is 0 Å². The van der Waals surface area contributed by atoms with E-state index in [1.54, 1.807) is 32.0 Å². The Kier molecular flexibility index (Phi) is 6.16. The maximum absolute atomic E-state index is 12.1. The summed E-state index contributed by atoms with van der Waals surface area (Å²) in [6.45, 7) is 5.09. The summed E-state index contributed by atoms with van der Waals surface area (Å²) >= 11 is 0.